The van der Waals surface area contributed by atoms with E-state index in [2.05, 4.69) is 22.0 Å². The number of hydrogen-bond acceptors (Lipinski definition) is 6. The van der Waals surface area contributed by atoms with Gasteiger partial charge in [-0.2, -0.15) is 0 Å². The van der Waals surface area contributed by atoms with Crippen molar-refractivity contribution < 1.29 is 23.1 Å². The quantitative estimate of drug-likeness (QED) is 0.134. The highest BCUT2D eigenvalue weighted by molar-refractivity contribution is 7.88. The van der Waals surface area contributed by atoms with Crippen LogP contribution in [0.2, 0.25) is 0 Å². The molecule has 0 saturated heterocycles. The SMILES string of the molecule is CC#Cc1cc(C(=O)NC(Cc2ccccc2)C(O)CN(CCC)NS(=O)(=O)Cc2ccccc2)cc(C(=O)N(CCC)CCC)c1. The maximum absolute atomic E-state index is 13.8. The molecular weight excluding hydrogens is 612 g/mol. The molecule has 0 heterocycles. The molecule has 3 rings (SSSR count). The van der Waals surface area contributed by atoms with Gasteiger partial charge in [-0.25, -0.2) is 13.4 Å². The summed E-state index contributed by atoms with van der Waals surface area (Å²) in [6.45, 7) is 9.14. The Morgan fingerprint density at radius 2 is 1.40 bits per heavy atom. The number of aliphatic hydroxyl groups excluding tert-OH is 1. The van der Waals surface area contributed by atoms with E-state index >= 15 is 0 Å². The van der Waals surface area contributed by atoms with Crippen LogP contribution in [-0.2, 0) is 22.2 Å². The van der Waals surface area contributed by atoms with E-state index in [1.807, 2.05) is 57.2 Å². The van der Waals surface area contributed by atoms with E-state index in [0.717, 1.165) is 18.4 Å². The van der Waals surface area contributed by atoms with Gasteiger partial charge < -0.3 is 15.3 Å². The van der Waals surface area contributed by atoms with Gasteiger partial charge in [0, 0.05) is 42.9 Å². The van der Waals surface area contributed by atoms with Crippen molar-refractivity contribution >= 4 is 21.8 Å². The second-order valence-electron chi connectivity index (χ2n) is 11.6. The molecule has 3 N–H and O–H groups in total. The van der Waals surface area contributed by atoms with Crippen molar-refractivity contribution in [2.24, 2.45) is 0 Å². The standard InChI is InChI=1S/C37H48N4O5S/c1-5-15-31-23-32(26-33(24-31)37(44)40(20-6-2)21-7-3)36(43)38-34(25-29-16-11-9-12-17-29)35(42)27-41(22-8-4)39-47(45,46)28-30-18-13-10-14-19-30/h9-14,16-19,23-24,26,34-35,39,42H,6-8,20-22,25,27-28H2,1-4H3,(H,38,43). The second kappa shape index (κ2) is 19.0. The van der Waals surface area contributed by atoms with Crippen molar-refractivity contribution in [3.63, 3.8) is 0 Å². The normalized spacial score (nSPS) is 12.6. The van der Waals surface area contributed by atoms with Crippen LogP contribution in [0, 0.1) is 11.8 Å². The summed E-state index contributed by atoms with van der Waals surface area (Å²) in [5.74, 6) is 4.98. The van der Waals surface area contributed by atoms with Crippen LogP contribution in [0.25, 0.3) is 0 Å². The number of hydrogen-bond donors (Lipinski definition) is 3. The lowest BCUT2D eigenvalue weighted by Crippen LogP contribution is -2.53. The third-order valence-electron chi connectivity index (χ3n) is 7.43. The monoisotopic (exact) mass is 660 g/mol. The van der Waals surface area contributed by atoms with Crippen molar-refractivity contribution in [1.29, 1.82) is 0 Å². The Bertz CT molecular complexity index is 1600. The minimum absolute atomic E-state index is 0.0618. The maximum atomic E-state index is 13.8. The van der Waals surface area contributed by atoms with E-state index in [9.17, 15) is 23.1 Å². The van der Waals surface area contributed by atoms with Crippen LogP contribution < -0.4 is 10.1 Å². The zero-order valence-corrected chi connectivity index (χ0v) is 28.7. The molecule has 2 amide bonds. The van der Waals surface area contributed by atoms with Crippen molar-refractivity contribution in [2.75, 3.05) is 26.2 Å². The molecular formula is C37H48N4O5S. The predicted molar refractivity (Wildman–Crippen MR) is 187 cm³/mol. The number of sulfonamides is 1. The molecule has 0 aliphatic heterocycles. The molecule has 0 radical (unpaired) electrons. The van der Waals surface area contributed by atoms with Crippen LogP contribution in [0.15, 0.2) is 78.9 Å². The minimum Gasteiger partial charge on any atom is -0.390 e. The molecule has 10 heteroatoms. The van der Waals surface area contributed by atoms with Crippen LogP contribution in [0.3, 0.4) is 0 Å². The third kappa shape index (κ3) is 12.3. The predicted octanol–water partition coefficient (Wildman–Crippen LogP) is 4.77. The highest BCUT2D eigenvalue weighted by atomic mass is 32.2. The Kier molecular flexibility index (Phi) is 15.1. The molecule has 0 bridgehead atoms. The van der Waals surface area contributed by atoms with Gasteiger partial charge in [-0.1, -0.05) is 87.4 Å². The van der Waals surface area contributed by atoms with Gasteiger partial charge in [0.25, 0.3) is 11.8 Å². The summed E-state index contributed by atoms with van der Waals surface area (Å²) in [6, 6.07) is 22.5. The van der Waals surface area contributed by atoms with Crippen molar-refractivity contribution in [2.45, 2.75) is 71.3 Å². The van der Waals surface area contributed by atoms with Crippen LogP contribution in [-0.4, -0.2) is 73.6 Å². The Labute approximate surface area is 280 Å². The fraction of sp³-hybridized carbons (Fsp3) is 0.405. The van der Waals surface area contributed by atoms with E-state index in [0.29, 0.717) is 49.2 Å². The third-order valence-corrected chi connectivity index (χ3v) is 8.68. The molecule has 0 aliphatic carbocycles. The molecule has 0 spiro atoms. The molecule has 3 aromatic carbocycles. The van der Waals surface area contributed by atoms with Gasteiger partial charge in [0.1, 0.15) is 0 Å². The molecule has 0 aliphatic rings. The van der Waals surface area contributed by atoms with Gasteiger partial charge >= 0.3 is 0 Å². The zero-order chi connectivity index (χ0) is 34.2. The number of rotatable bonds is 18. The summed E-state index contributed by atoms with van der Waals surface area (Å²) >= 11 is 0. The lowest BCUT2D eigenvalue weighted by atomic mass is 9.99. The molecule has 0 saturated carbocycles. The number of aliphatic hydroxyl groups is 1. The molecule has 2 atom stereocenters. The molecule has 252 valence electrons. The number of benzene rings is 3. The summed E-state index contributed by atoms with van der Waals surface area (Å²) in [6.07, 6.45) is 1.40. The molecule has 0 fully saturated rings. The van der Waals surface area contributed by atoms with Gasteiger partial charge in [0.15, 0.2) is 0 Å². The van der Waals surface area contributed by atoms with E-state index in [1.54, 1.807) is 54.3 Å². The molecule has 47 heavy (non-hydrogen) atoms. The molecule has 9 nitrogen and oxygen atoms in total. The Balaban J connectivity index is 1.88. The summed E-state index contributed by atoms with van der Waals surface area (Å²) in [4.78, 5) is 31.7. The van der Waals surface area contributed by atoms with E-state index in [1.165, 1.54) is 5.01 Å². The van der Waals surface area contributed by atoms with Crippen molar-refractivity contribution in [3.8, 4) is 11.8 Å². The Morgan fingerprint density at radius 3 is 1.98 bits per heavy atom. The smallest absolute Gasteiger partial charge is 0.253 e. The average molecular weight is 661 g/mol. The number of nitrogens with zero attached hydrogens (tertiary/aromatic N) is 2. The van der Waals surface area contributed by atoms with Gasteiger partial charge in [0.2, 0.25) is 10.0 Å². The van der Waals surface area contributed by atoms with Crippen LogP contribution >= 0.6 is 0 Å². The number of nitrogens with one attached hydrogen (secondary N) is 2. The first-order chi connectivity index (χ1) is 22.6. The molecule has 2 unspecified atom stereocenters. The second-order valence-corrected chi connectivity index (χ2v) is 13.3. The van der Waals surface area contributed by atoms with E-state index in [4.69, 9.17) is 0 Å². The lowest BCUT2D eigenvalue weighted by Gasteiger charge is -2.30. The zero-order valence-electron chi connectivity index (χ0n) is 27.9. The lowest BCUT2D eigenvalue weighted by molar-refractivity contribution is 0.0618. The average Bonchev–Trinajstić information content (AvgIpc) is 3.04. The van der Waals surface area contributed by atoms with Crippen LogP contribution in [0.4, 0.5) is 0 Å². The number of carbonyl (C=O) groups is 2. The summed E-state index contributed by atoms with van der Waals surface area (Å²) in [5, 5.41) is 16.0. The first-order valence-corrected chi connectivity index (χ1v) is 17.9. The van der Waals surface area contributed by atoms with Crippen LogP contribution in [0.5, 0.6) is 0 Å². The maximum Gasteiger partial charge on any atom is 0.253 e. The van der Waals surface area contributed by atoms with Gasteiger partial charge in [-0.3, -0.25) is 9.59 Å². The summed E-state index contributed by atoms with van der Waals surface area (Å²) in [5.41, 5.74) is 2.70. The molecule has 0 aromatic heterocycles. The fourth-order valence-electron chi connectivity index (χ4n) is 5.36. The number of carbonyl (C=O) groups excluding carboxylic acids is 2. The summed E-state index contributed by atoms with van der Waals surface area (Å²) in [7, 11) is -3.76. The highest BCUT2D eigenvalue weighted by Crippen LogP contribution is 2.16. The van der Waals surface area contributed by atoms with Crippen molar-refractivity contribution in [3.05, 3.63) is 107 Å². The first-order valence-electron chi connectivity index (χ1n) is 16.3. The number of amides is 2. The number of hydrazine groups is 1. The van der Waals surface area contributed by atoms with E-state index < -0.39 is 28.1 Å². The minimum atomic E-state index is -3.76. The van der Waals surface area contributed by atoms with Crippen LogP contribution in [0.1, 0.15) is 84.4 Å². The fourth-order valence-corrected chi connectivity index (χ4v) is 6.61. The Morgan fingerprint density at radius 1 is 0.830 bits per heavy atom. The topological polar surface area (TPSA) is 119 Å². The summed E-state index contributed by atoms with van der Waals surface area (Å²) < 4.78 is 26.1. The van der Waals surface area contributed by atoms with Gasteiger partial charge in [-0.05, 0) is 61.9 Å². The highest BCUT2D eigenvalue weighted by Gasteiger charge is 2.27. The van der Waals surface area contributed by atoms with Crippen molar-refractivity contribution in [1.82, 2.24) is 20.1 Å². The molecule has 3 aromatic rings. The van der Waals surface area contributed by atoms with E-state index in [-0.39, 0.29) is 23.8 Å². The largest absolute Gasteiger partial charge is 0.390 e. The Hall–Kier alpha value is -4.01. The first kappa shape index (κ1) is 37.4. The van der Waals surface area contributed by atoms with Gasteiger partial charge in [0.05, 0.1) is 17.9 Å². The van der Waals surface area contributed by atoms with Gasteiger partial charge in [-0.15, -0.1) is 10.8 Å².